The summed E-state index contributed by atoms with van der Waals surface area (Å²) < 4.78 is 9.18. The Balaban J connectivity index is 1.46. The zero-order valence-electron chi connectivity index (χ0n) is 12.8. The Bertz CT molecular complexity index is 719. The molecular weight excluding hydrogens is 324 g/mol. The molecule has 0 N–H and O–H groups in total. The zero-order valence-corrected chi connectivity index (χ0v) is 14.4. The van der Waals surface area contributed by atoms with E-state index in [1.54, 1.807) is 11.8 Å². The van der Waals surface area contributed by atoms with Gasteiger partial charge in [-0.2, -0.15) is 14.0 Å². The summed E-state index contributed by atoms with van der Waals surface area (Å²) in [6, 6.07) is 9.97. The summed E-state index contributed by atoms with van der Waals surface area (Å²) in [7, 11) is 0. The highest BCUT2D eigenvalue weighted by molar-refractivity contribution is 7.98. The molecule has 3 atom stereocenters. The van der Waals surface area contributed by atoms with Crippen LogP contribution in [0.1, 0.15) is 35.6 Å². The fraction of sp³-hybridized carbons (Fsp3) is 0.471. The number of hydrogen-bond donors (Lipinski definition) is 0. The van der Waals surface area contributed by atoms with Gasteiger partial charge in [0.05, 0.1) is 29.1 Å². The zero-order chi connectivity index (χ0) is 15.6. The number of nitriles is 1. The van der Waals surface area contributed by atoms with Crippen molar-refractivity contribution in [3.05, 3.63) is 41.1 Å². The summed E-state index contributed by atoms with van der Waals surface area (Å²) in [5.41, 5.74) is 3.16. The first-order valence-corrected chi connectivity index (χ1v) is 9.72. The first kappa shape index (κ1) is 15.1. The highest BCUT2D eigenvalue weighted by Gasteiger charge is 2.38. The summed E-state index contributed by atoms with van der Waals surface area (Å²) in [5.74, 6) is 2.22. The van der Waals surface area contributed by atoms with Crippen molar-refractivity contribution in [2.75, 3.05) is 19.6 Å². The van der Waals surface area contributed by atoms with Gasteiger partial charge >= 0.3 is 0 Å². The van der Waals surface area contributed by atoms with E-state index in [-0.39, 0.29) is 0 Å². The van der Waals surface area contributed by atoms with Crippen molar-refractivity contribution < 1.29 is 0 Å². The Morgan fingerprint density at radius 3 is 2.91 bits per heavy atom. The highest BCUT2D eigenvalue weighted by atomic mass is 32.2. The molecule has 23 heavy (non-hydrogen) atoms. The molecule has 2 bridgehead atoms. The van der Waals surface area contributed by atoms with Crippen LogP contribution in [0.15, 0.2) is 29.3 Å². The van der Waals surface area contributed by atoms with Crippen LogP contribution in [-0.4, -0.2) is 33.3 Å². The molecule has 0 radical (unpaired) electrons. The molecule has 1 aromatic carbocycles. The van der Waals surface area contributed by atoms with Crippen molar-refractivity contribution in [2.24, 2.45) is 5.92 Å². The molecule has 0 amide bonds. The van der Waals surface area contributed by atoms with Gasteiger partial charge in [0.25, 0.3) is 0 Å². The van der Waals surface area contributed by atoms with E-state index < -0.39 is 0 Å². The number of piperidine rings is 1. The van der Waals surface area contributed by atoms with Gasteiger partial charge < -0.3 is 4.90 Å². The number of benzene rings is 1. The van der Waals surface area contributed by atoms with Crippen LogP contribution in [0.3, 0.4) is 0 Å². The molecule has 2 fully saturated rings. The minimum Gasteiger partial charge on any atom is -0.302 e. The predicted octanol–water partition coefficient (Wildman–Crippen LogP) is 3.51. The van der Waals surface area contributed by atoms with Gasteiger partial charge in [-0.3, -0.25) is 0 Å². The lowest BCUT2D eigenvalue weighted by molar-refractivity contribution is 0.269. The fourth-order valence-electron chi connectivity index (χ4n) is 3.66. The number of aromatic nitrogens is 2. The predicted molar refractivity (Wildman–Crippen MR) is 92.5 cm³/mol. The van der Waals surface area contributed by atoms with Crippen LogP contribution in [0.25, 0.3) is 0 Å². The summed E-state index contributed by atoms with van der Waals surface area (Å²) in [6.07, 6.45) is 2.66. The second kappa shape index (κ2) is 6.60. The van der Waals surface area contributed by atoms with Crippen molar-refractivity contribution in [2.45, 2.75) is 29.5 Å². The highest BCUT2D eigenvalue weighted by Crippen LogP contribution is 2.41. The first-order valence-electron chi connectivity index (χ1n) is 8.00. The largest absolute Gasteiger partial charge is 0.302 e. The summed E-state index contributed by atoms with van der Waals surface area (Å²) in [6.45, 7) is 3.64. The number of fused-ring (bicyclic) bond motifs is 2. The Kier molecular flexibility index (Phi) is 4.34. The van der Waals surface area contributed by atoms with Crippen LogP contribution >= 0.6 is 23.5 Å². The van der Waals surface area contributed by atoms with Crippen LogP contribution in [0.5, 0.6) is 0 Å². The van der Waals surface area contributed by atoms with E-state index in [0.717, 1.165) is 23.2 Å². The summed E-state index contributed by atoms with van der Waals surface area (Å²) >= 11 is 3.12. The van der Waals surface area contributed by atoms with E-state index in [1.807, 2.05) is 24.3 Å². The Hall–Kier alpha value is -1.42. The molecule has 2 saturated heterocycles. The third kappa shape index (κ3) is 3.14. The smallest absolute Gasteiger partial charge is 0.134 e. The number of nitrogens with zero attached hydrogens (tertiary/aromatic N) is 4. The Labute approximate surface area is 144 Å². The molecule has 4 nitrogen and oxygen atoms in total. The molecule has 4 rings (SSSR count). The molecule has 118 valence electrons. The standard InChI is InChI=1S/C17H18N4S2/c18-8-12-3-5-13(6-4-12)11-22-17-16(19-23-20-17)15-10-21-7-1-2-14(15)9-21/h3-6,14-15H,1-2,7,9-11H2/t14-,15-/m1/s1. The van der Waals surface area contributed by atoms with Gasteiger partial charge in [0, 0.05) is 24.8 Å². The summed E-state index contributed by atoms with van der Waals surface area (Å²) in [5, 5.41) is 9.97. The number of hydrogen-bond acceptors (Lipinski definition) is 6. The average Bonchev–Trinajstić information content (AvgIpc) is 3.17. The third-order valence-corrected chi connectivity index (χ3v) is 6.57. The van der Waals surface area contributed by atoms with Crippen molar-refractivity contribution in [1.29, 1.82) is 5.26 Å². The van der Waals surface area contributed by atoms with Gasteiger partial charge in [0.2, 0.25) is 0 Å². The van der Waals surface area contributed by atoms with Crippen molar-refractivity contribution >= 4 is 23.5 Å². The van der Waals surface area contributed by atoms with Gasteiger partial charge in [-0.1, -0.05) is 23.9 Å². The maximum absolute atomic E-state index is 8.86. The first-order chi connectivity index (χ1) is 11.3. The van der Waals surface area contributed by atoms with E-state index in [1.165, 1.54) is 48.9 Å². The number of thioether (sulfide) groups is 1. The fourth-order valence-corrected chi connectivity index (χ4v) is 5.39. The van der Waals surface area contributed by atoms with Crippen LogP contribution in [0.2, 0.25) is 0 Å². The van der Waals surface area contributed by atoms with Crippen LogP contribution in [0, 0.1) is 17.2 Å². The van der Waals surface area contributed by atoms with E-state index in [2.05, 4.69) is 19.7 Å². The summed E-state index contributed by atoms with van der Waals surface area (Å²) in [4.78, 5) is 2.58. The van der Waals surface area contributed by atoms with Crippen LogP contribution < -0.4 is 0 Å². The average molecular weight is 342 g/mol. The molecule has 1 unspecified atom stereocenters. The van der Waals surface area contributed by atoms with E-state index >= 15 is 0 Å². The molecule has 2 aromatic rings. The number of rotatable bonds is 4. The lowest BCUT2D eigenvalue weighted by Crippen LogP contribution is -2.25. The molecule has 0 aliphatic carbocycles. The van der Waals surface area contributed by atoms with Gasteiger partial charge in [-0.25, -0.2) is 0 Å². The van der Waals surface area contributed by atoms with Gasteiger partial charge in [0.1, 0.15) is 5.03 Å². The van der Waals surface area contributed by atoms with Gasteiger partial charge in [0.15, 0.2) is 0 Å². The van der Waals surface area contributed by atoms with Gasteiger partial charge in [-0.15, -0.1) is 0 Å². The normalized spacial score (nSPS) is 26.1. The molecule has 3 heterocycles. The third-order valence-electron chi connectivity index (χ3n) is 4.86. The van der Waals surface area contributed by atoms with E-state index in [9.17, 15) is 0 Å². The van der Waals surface area contributed by atoms with Gasteiger partial charge in [-0.05, 0) is 43.0 Å². The molecule has 6 heteroatoms. The maximum atomic E-state index is 8.86. The molecule has 2 aliphatic rings. The lowest BCUT2D eigenvalue weighted by atomic mass is 9.89. The molecular formula is C17H18N4S2. The van der Waals surface area contributed by atoms with Crippen molar-refractivity contribution in [3.63, 3.8) is 0 Å². The minimum atomic E-state index is 0.569. The quantitative estimate of drug-likeness (QED) is 0.796. The SMILES string of the molecule is N#Cc1ccc(CSc2nsnc2[C@@H]2CN3CCC[C@@H]2C3)cc1. The van der Waals surface area contributed by atoms with E-state index in [4.69, 9.17) is 5.26 Å². The van der Waals surface area contributed by atoms with Crippen LogP contribution in [0.4, 0.5) is 0 Å². The molecule has 1 aromatic heterocycles. The second-order valence-corrected chi connectivity index (χ2v) is 7.81. The second-order valence-electron chi connectivity index (χ2n) is 6.32. The monoisotopic (exact) mass is 342 g/mol. The molecule has 2 aliphatic heterocycles. The Morgan fingerprint density at radius 2 is 2.13 bits per heavy atom. The molecule has 0 spiro atoms. The van der Waals surface area contributed by atoms with Crippen molar-refractivity contribution in [1.82, 2.24) is 13.6 Å². The van der Waals surface area contributed by atoms with E-state index in [0.29, 0.717) is 11.5 Å². The Morgan fingerprint density at radius 1 is 1.26 bits per heavy atom. The lowest BCUT2D eigenvalue weighted by Gasteiger charge is -2.21. The maximum Gasteiger partial charge on any atom is 0.134 e. The minimum absolute atomic E-state index is 0.569. The topological polar surface area (TPSA) is 52.8 Å². The van der Waals surface area contributed by atoms with Crippen molar-refractivity contribution in [3.8, 4) is 6.07 Å². The molecule has 0 saturated carbocycles. The van der Waals surface area contributed by atoms with Crippen LogP contribution in [-0.2, 0) is 5.75 Å².